The average molecular weight is 223 g/mol. The summed E-state index contributed by atoms with van der Waals surface area (Å²) in [6.45, 7) is 0.915. The minimum Gasteiger partial charge on any atom is -0.396 e. The van der Waals surface area contributed by atoms with Gasteiger partial charge in [-0.1, -0.05) is 12.8 Å². The summed E-state index contributed by atoms with van der Waals surface area (Å²) in [6.07, 6.45) is 8.28. The van der Waals surface area contributed by atoms with Crippen LogP contribution >= 0.6 is 0 Å². The van der Waals surface area contributed by atoms with Gasteiger partial charge in [-0.3, -0.25) is 4.79 Å². The lowest BCUT2D eigenvalue weighted by Crippen LogP contribution is -2.45. The third kappa shape index (κ3) is 1.48. The summed E-state index contributed by atoms with van der Waals surface area (Å²) in [4.78, 5) is 11.9. The summed E-state index contributed by atoms with van der Waals surface area (Å²) in [5, 5.41) is 12.4. The molecule has 16 heavy (non-hydrogen) atoms. The first-order valence-electron chi connectivity index (χ1n) is 6.58. The van der Waals surface area contributed by atoms with E-state index in [-0.39, 0.29) is 17.9 Å². The Morgan fingerprint density at radius 3 is 2.31 bits per heavy atom. The molecule has 3 heteroatoms. The number of aliphatic hydroxyl groups excluding tert-OH is 1. The van der Waals surface area contributed by atoms with Crippen LogP contribution < -0.4 is 5.32 Å². The van der Waals surface area contributed by atoms with Crippen LogP contribution in [0.3, 0.4) is 0 Å². The van der Waals surface area contributed by atoms with E-state index < -0.39 is 0 Å². The highest BCUT2D eigenvalue weighted by atomic mass is 16.3. The standard InChI is InChI=1S/C13H21NO2/c15-9-12(3-1-4-12)8-14-11(16)10-7-13(10)5-2-6-13/h10,15H,1-9H2,(H,14,16)/t10-/m1/s1. The van der Waals surface area contributed by atoms with Crippen LogP contribution in [0.25, 0.3) is 0 Å². The van der Waals surface area contributed by atoms with Crippen molar-refractivity contribution in [2.24, 2.45) is 16.7 Å². The van der Waals surface area contributed by atoms with Crippen LogP contribution in [0.5, 0.6) is 0 Å². The van der Waals surface area contributed by atoms with E-state index in [1.807, 2.05) is 0 Å². The highest BCUT2D eigenvalue weighted by Gasteiger charge is 2.60. The Morgan fingerprint density at radius 1 is 1.25 bits per heavy atom. The van der Waals surface area contributed by atoms with Crippen LogP contribution in [0.15, 0.2) is 0 Å². The van der Waals surface area contributed by atoms with Crippen molar-refractivity contribution < 1.29 is 9.90 Å². The maximum atomic E-state index is 11.9. The number of rotatable bonds is 4. The van der Waals surface area contributed by atoms with E-state index in [2.05, 4.69) is 5.32 Å². The molecule has 3 aliphatic rings. The second kappa shape index (κ2) is 3.46. The van der Waals surface area contributed by atoms with Gasteiger partial charge in [0.05, 0.1) is 6.61 Å². The van der Waals surface area contributed by atoms with Crippen LogP contribution in [0.4, 0.5) is 0 Å². The van der Waals surface area contributed by atoms with Gasteiger partial charge in [0.1, 0.15) is 0 Å². The van der Waals surface area contributed by atoms with Gasteiger partial charge in [0.25, 0.3) is 0 Å². The zero-order valence-electron chi connectivity index (χ0n) is 9.80. The molecule has 0 bridgehead atoms. The highest BCUT2D eigenvalue weighted by Crippen LogP contribution is 2.65. The van der Waals surface area contributed by atoms with Crippen molar-refractivity contribution in [3.8, 4) is 0 Å². The van der Waals surface area contributed by atoms with E-state index >= 15 is 0 Å². The van der Waals surface area contributed by atoms with Gasteiger partial charge in [-0.05, 0) is 37.5 Å². The largest absolute Gasteiger partial charge is 0.396 e. The van der Waals surface area contributed by atoms with Crippen LogP contribution in [-0.4, -0.2) is 24.2 Å². The van der Waals surface area contributed by atoms with Crippen molar-refractivity contribution in [2.75, 3.05) is 13.2 Å². The van der Waals surface area contributed by atoms with E-state index in [1.165, 1.54) is 25.7 Å². The van der Waals surface area contributed by atoms with Crippen molar-refractivity contribution in [2.45, 2.75) is 44.9 Å². The summed E-state index contributed by atoms with van der Waals surface area (Å²) in [6, 6.07) is 0. The summed E-state index contributed by atoms with van der Waals surface area (Å²) in [7, 11) is 0. The molecule has 1 spiro atoms. The summed E-state index contributed by atoms with van der Waals surface area (Å²) in [5.74, 6) is 0.552. The van der Waals surface area contributed by atoms with Gasteiger partial charge < -0.3 is 10.4 Å². The molecular weight excluding hydrogens is 202 g/mol. The maximum absolute atomic E-state index is 11.9. The van der Waals surface area contributed by atoms with Gasteiger partial charge in [-0.2, -0.15) is 0 Å². The number of hydrogen-bond donors (Lipinski definition) is 2. The Kier molecular flexibility index (Phi) is 2.29. The van der Waals surface area contributed by atoms with Gasteiger partial charge in [0, 0.05) is 17.9 Å². The SMILES string of the molecule is O=C(NCC1(CO)CCC1)[C@H]1CC12CCC2. The summed E-state index contributed by atoms with van der Waals surface area (Å²) < 4.78 is 0. The van der Waals surface area contributed by atoms with Crippen molar-refractivity contribution in [3.63, 3.8) is 0 Å². The lowest BCUT2D eigenvalue weighted by atomic mass is 9.69. The van der Waals surface area contributed by atoms with Crippen LogP contribution in [0.1, 0.15) is 44.9 Å². The molecule has 0 saturated heterocycles. The molecule has 1 amide bonds. The fourth-order valence-electron chi connectivity index (χ4n) is 3.37. The third-order valence-corrected chi connectivity index (χ3v) is 5.24. The molecule has 0 heterocycles. The molecule has 0 radical (unpaired) electrons. The molecule has 3 aliphatic carbocycles. The van der Waals surface area contributed by atoms with Crippen LogP contribution in [-0.2, 0) is 4.79 Å². The number of hydrogen-bond acceptors (Lipinski definition) is 2. The first-order chi connectivity index (χ1) is 7.70. The monoisotopic (exact) mass is 223 g/mol. The van der Waals surface area contributed by atoms with Gasteiger partial charge >= 0.3 is 0 Å². The first kappa shape index (κ1) is 10.6. The molecule has 0 aromatic carbocycles. The minimum atomic E-state index is 0.0251. The fourth-order valence-corrected chi connectivity index (χ4v) is 3.37. The van der Waals surface area contributed by atoms with Gasteiger partial charge in [0.2, 0.25) is 5.91 Å². The van der Waals surface area contributed by atoms with Crippen LogP contribution in [0, 0.1) is 16.7 Å². The number of carbonyl (C=O) groups is 1. The molecule has 3 fully saturated rings. The number of carbonyl (C=O) groups excluding carboxylic acids is 1. The van der Waals surface area contributed by atoms with Gasteiger partial charge in [-0.15, -0.1) is 0 Å². The zero-order chi connectivity index (χ0) is 11.2. The fraction of sp³-hybridized carbons (Fsp3) is 0.923. The lowest BCUT2D eigenvalue weighted by Gasteiger charge is -2.40. The van der Waals surface area contributed by atoms with Crippen molar-refractivity contribution in [3.05, 3.63) is 0 Å². The molecule has 0 aromatic heterocycles. The Bertz CT molecular complexity index is 300. The average Bonchev–Trinajstić information content (AvgIpc) is 2.91. The summed E-state index contributed by atoms with van der Waals surface area (Å²) in [5.41, 5.74) is 0.452. The molecular formula is C13H21NO2. The van der Waals surface area contributed by atoms with Crippen LogP contribution in [0.2, 0.25) is 0 Å². The second-order valence-electron chi connectivity index (χ2n) is 6.20. The van der Waals surface area contributed by atoms with Gasteiger partial charge in [0.15, 0.2) is 0 Å². The molecule has 2 N–H and O–H groups in total. The molecule has 0 aromatic rings. The maximum Gasteiger partial charge on any atom is 0.223 e. The smallest absolute Gasteiger partial charge is 0.223 e. The van der Waals surface area contributed by atoms with E-state index in [0.717, 1.165) is 19.3 Å². The first-order valence-corrected chi connectivity index (χ1v) is 6.58. The van der Waals surface area contributed by atoms with E-state index in [1.54, 1.807) is 0 Å². The molecule has 0 aliphatic heterocycles. The minimum absolute atomic E-state index is 0.0251. The molecule has 1 atom stereocenters. The third-order valence-electron chi connectivity index (χ3n) is 5.24. The highest BCUT2D eigenvalue weighted by molar-refractivity contribution is 5.82. The van der Waals surface area contributed by atoms with E-state index in [0.29, 0.717) is 17.9 Å². The molecule has 3 nitrogen and oxygen atoms in total. The summed E-state index contributed by atoms with van der Waals surface area (Å²) >= 11 is 0. The van der Waals surface area contributed by atoms with Gasteiger partial charge in [-0.25, -0.2) is 0 Å². The Balaban J connectivity index is 1.47. The normalized spacial score (nSPS) is 32.7. The number of aliphatic hydroxyl groups is 1. The number of amides is 1. The van der Waals surface area contributed by atoms with Crippen molar-refractivity contribution in [1.82, 2.24) is 5.32 Å². The van der Waals surface area contributed by atoms with E-state index in [4.69, 9.17) is 0 Å². The molecule has 90 valence electrons. The molecule has 0 unspecified atom stereocenters. The second-order valence-corrected chi connectivity index (χ2v) is 6.20. The Labute approximate surface area is 96.6 Å². The van der Waals surface area contributed by atoms with E-state index in [9.17, 15) is 9.90 Å². The zero-order valence-corrected chi connectivity index (χ0v) is 9.80. The quantitative estimate of drug-likeness (QED) is 0.758. The van der Waals surface area contributed by atoms with Crippen molar-refractivity contribution in [1.29, 1.82) is 0 Å². The predicted octanol–water partition coefficient (Wildman–Crippen LogP) is 1.46. The Morgan fingerprint density at radius 2 is 1.94 bits per heavy atom. The predicted molar refractivity (Wildman–Crippen MR) is 60.8 cm³/mol. The number of nitrogens with one attached hydrogen (secondary N) is 1. The van der Waals surface area contributed by atoms with Crippen molar-refractivity contribution >= 4 is 5.91 Å². The molecule has 3 saturated carbocycles. The molecule has 3 rings (SSSR count). The Hall–Kier alpha value is -0.570. The lowest BCUT2D eigenvalue weighted by molar-refractivity contribution is -0.124. The topological polar surface area (TPSA) is 49.3 Å².